The minimum absolute atomic E-state index is 0.177. The van der Waals surface area contributed by atoms with Crippen LogP contribution in [0.1, 0.15) is 19.8 Å². The molecule has 0 spiro atoms. The van der Waals surface area contributed by atoms with Crippen LogP contribution in [0.2, 0.25) is 0 Å². The van der Waals surface area contributed by atoms with E-state index in [9.17, 15) is 0 Å². The predicted octanol–water partition coefficient (Wildman–Crippen LogP) is 1.56. The second-order valence-electron chi connectivity index (χ2n) is 1.57. The molecule has 0 unspecified atom stereocenters. The summed E-state index contributed by atoms with van der Waals surface area (Å²) in [6, 6.07) is 0. The van der Waals surface area contributed by atoms with Gasteiger partial charge < -0.3 is 10.2 Å². The molecule has 0 aromatic carbocycles. The minimum atomic E-state index is -0.313. The Morgan fingerprint density at radius 2 is 1.70 bits per heavy atom. The summed E-state index contributed by atoms with van der Waals surface area (Å²) in [5.74, 6) is 0. The van der Waals surface area contributed by atoms with E-state index < -0.39 is 0 Å². The molecule has 0 saturated carbocycles. The van der Waals surface area contributed by atoms with Crippen LogP contribution in [0.3, 0.4) is 0 Å². The summed E-state index contributed by atoms with van der Waals surface area (Å²) in [6.07, 6.45) is 1.37. The van der Waals surface area contributed by atoms with Crippen LogP contribution in [-0.2, 0) is 0 Å². The van der Waals surface area contributed by atoms with E-state index in [1.165, 1.54) is 0 Å². The Bertz CT molecular complexity index is 51.0. The van der Waals surface area contributed by atoms with Crippen LogP contribution < -0.4 is 0 Å². The van der Waals surface area contributed by atoms with Gasteiger partial charge in [-0.2, -0.15) is 0 Å². The zero-order chi connectivity index (χ0) is 8.41. The molecule has 0 amide bonds. The maximum Gasteiger partial charge on any atom is 0.107 e. The number of rotatable bonds is 3. The lowest BCUT2D eigenvalue weighted by Crippen LogP contribution is -1.88. The number of halogens is 2. The van der Waals surface area contributed by atoms with E-state index in [0.29, 0.717) is 12.8 Å². The predicted molar refractivity (Wildman–Crippen MR) is 44.6 cm³/mol. The van der Waals surface area contributed by atoms with Gasteiger partial charge in [-0.3, -0.25) is 0 Å². The molecular formula is C6H14Cl2O2. The third-order valence-corrected chi connectivity index (χ3v) is 1.02. The van der Waals surface area contributed by atoms with E-state index in [0.717, 1.165) is 0 Å². The number of alkyl halides is 2. The highest BCUT2D eigenvalue weighted by Crippen LogP contribution is 2.07. The molecule has 2 N–H and O–H groups in total. The second kappa shape index (κ2) is 12.2. The molecule has 0 heterocycles. The molecule has 2 nitrogen and oxygen atoms in total. The molecule has 4 heteroatoms. The van der Waals surface area contributed by atoms with Crippen LogP contribution in [0.4, 0.5) is 0 Å². The number of hydrogen-bond donors (Lipinski definition) is 2. The van der Waals surface area contributed by atoms with E-state index in [1.807, 2.05) is 0 Å². The first-order valence-electron chi connectivity index (χ1n) is 3.18. The fourth-order valence-corrected chi connectivity index (χ4v) is 0.554. The van der Waals surface area contributed by atoms with Crippen molar-refractivity contribution < 1.29 is 10.2 Å². The van der Waals surface area contributed by atoms with Crippen LogP contribution in [0, 0.1) is 0 Å². The third kappa shape index (κ3) is 23.6. The van der Waals surface area contributed by atoms with Gasteiger partial charge in [-0.15, -0.1) is 23.2 Å². The lowest BCUT2D eigenvalue weighted by Gasteiger charge is -1.94. The zero-order valence-corrected chi connectivity index (χ0v) is 7.57. The summed E-state index contributed by atoms with van der Waals surface area (Å²) in [4.78, 5) is -0.313. The normalized spacial score (nSPS) is 9.00. The molecule has 0 rings (SSSR count). The average molecular weight is 189 g/mol. The fourth-order valence-electron chi connectivity index (χ4n) is 0.246. The van der Waals surface area contributed by atoms with Gasteiger partial charge in [0.1, 0.15) is 4.84 Å². The SMILES string of the molecule is CCO.OCCCC(Cl)Cl. The van der Waals surface area contributed by atoms with Gasteiger partial charge in [-0.05, 0) is 19.8 Å². The second-order valence-corrected chi connectivity index (χ2v) is 2.85. The van der Waals surface area contributed by atoms with Crippen LogP contribution in [0.5, 0.6) is 0 Å². The van der Waals surface area contributed by atoms with Crippen LogP contribution in [0.25, 0.3) is 0 Å². The van der Waals surface area contributed by atoms with Gasteiger partial charge in [-0.1, -0.05) is 0 Å². The molecule has 0 saturated heterocycles. The van der Waals surface area contributed by atoms with E-state index in [4.69, 9.17) is 33.4 Å². The zero-order valence-electron chi connectivity index (χ0n) is 6.06. The van der Waals surface area contributed by atoms with Gasteiger partial charge in [0.15, 0.2) is 0 Å². The lowest BCUT2D eigenvalue weighted by molar-refractivity contribution is 0.286. The molecule has 0 atom stereocenters. The fraction of sp³-hybridized carbons (Fsp3) is 1.00. The molecule has 0 aliphatic carbocycles. The highest BCUT2D eigenvalue weighted by atomic mass is 35.5. The van der Waals surface area contributed by atoms with E-state index in [2.05, 4.69) is 0 Å². The van der Waals surface area contributed by atoms with Gasteiger partial charge in [0.05, 0.1) is 0 Å². The van der Waals surface area contributed by atoms with Crippen molar-refractivity contribution in [2.75, 3.05) is 13.2 Å². The van der Waals surface area contributed by atoms with E-state index >= 15 is 0 Å². The van der Waals surface area contributed by atoms with Crippen molar-refractivity contribution in [3.05, 3.63) is 0 Å². The summed E-state index contributed by atoms with van der Waals surface area (Å²) < 4.78 is 0. The molecule has 0 aromatic heterocycles. The van der Waals surface area contributed by atoms with Gasteiger partial charge >= 0.3 is 0 Å². The standard InChI is InChI=1S/C4H8Cl2O.C2H6O/c5-4(6)2-1-3-7;1-2-3/h4,7H,1-3H2;3H,2H2,1H3. The molecule has 0 aromatic rings. The smallest absolute Gasteiger partial charge is 0.107 e. The Morgan fingerprint density at radius 3 is 1.80 bits per heavy atom. The van der Waals surface area contributed by atoms with Crippen LogP contribution >= 0.6 is 23.2 Å². The van der Waals surface area contributed by atoms with E-state index in [-0.39, 0.29) is 18.1 Å². The van der Waals surface area contributed by atoms with Gasteiger partial charge in [-0.25, -0.2) is 0 Å². The van der Waals surface area contributed by atoms with Crippen molar-refractivity contribution in [1.29, 1.82) is 0 Å². The third-order valence-electron chi connectivity index (χ3n) is 0.580. The topological polar surface area (TPSA) is 40.5 Å². The molecule has 0 aliphatic rings. The first-order chi connectivity index (χ1) is 4.68. The van der Waals surface area contributed by atoms with Gasteiger partial charge in [0.2, 0.25) is 0 Å². The highest BCUT2D eigenvalue weighted by molar-refractivity contribution is 6.44. The molecule has 0 fully saturated rings. The first-order valence-corrected chi connectivity index (χ1v) is 4.06. The van der Waals surface area contributed by atoms with Crippen LogP contribution in [-0.4, -0.2) is 28.3 Å². The maximum absolute atomic E-state index is 8.20. The quantitative estimate of drug-likeness (QED) is 0.661. The Kier molecular flexibility index (Phi) is 16.0. The largest absolute Gasteiger partial charge is 0.397 e. The highest BCUT2D eigenvalue weighted by Gasteiger charge is 1.94. The van der Waals surface area contributed by atoms with Crippen molar-refractivity contribution in [3.63, 3.8) is 0 Å². The molecule has 0 aliphatic heterocycles. The Labute approximate surface area is 71.8 Å². The maximum atomic E-state index is 8.20. The Morgan fingerprint density at radius 1 is 1.30 bits per heavy atom. The van der Waals surface area contributed by atoms with Gasteiger partial charge in [0.25, 0.3) is 0 Å². The lowest BCUT2D eigenvalue weighted by atomic mass is 10.4. The Balaban J connectivity index is 0. The summed E-state index contributed by atoms with van der Waals surface area (Å²) >= 11 is 10.6. The van der Waals surface area contributed by atoms with E-state index in [1.54, 1.807) is 6.92 Å². The number of aliphatic hydroxyl groups excluding tert-OH is 2. The monoisotopic (exact) mass is 188 g/mol. The summed E-state index contributed by atoms with van der Waals surface area (Å²) in [5, 5.41) is 15.8. The van der Waals surface area contributed by atoms with Crippen molar-refractivity contribution in [3.8, 4) is 0 Å². The van der Waals surface area contributed by atoms with Crippen molar-refractivity contribution in [2.45, 2.75) is 24.6 Å². The average Bonchev–Trinajstić information content (AvgIpc) is 1.85. The molecule has 0 bridgehead atoms. The summed E-state index contributed by atoms with van der Waals surface area (Å²) in [7, 11) is 0. The van der Waals surface area contributed by atoms with Crippen molar-refractivity contribution >= 4 is 23.2 Å². The van der Waals surface area contributed by atoms with Crippen LogP contribution in [0.15, 0.2) is 0 Å². The summed E-state index contributed by atoms with van der Waals surface area (Å²) in [5.41, 5.74) is 0. The summed E-state index contributed by atoms with van der Waals surface area (Å²) in [6.45, 7) is 2.11. The number of hydrogen-bond acceptors (Lipinski definition) is 2. The molecule has 0 radical (unpaired) electrons. The molecule has 64 valence electrons. The van der Waals surface area contributed by atoms with Gasteiger partial charge in [0, 0.05) is 13.2 Å². The Hall–Kier alpha value is 0.500. The first kappa shape index (κ1) is 13.1. The molecule has 10 heavy (non-hydrogen) atoms. The van der Waals surface area contributed by atoms with Crippen molar-refractivity contribution in [1.82, 2.24) is 0 Å². The minimum Gasteiger partial charge on any atom is -0.397 e. The van der Waals surface area contributed by atoms with Crippen molar-refractivity contribution in [2.24, 2.45) is 0 Å². The number of aliphatic hydroxyl groups is 2. The molecular weight excluding hydrogens is 175 g/mol.